The van der Waals surface area contributed by atoms with Gasteiger partial charge >= 0.3 is 0 Å². The smallest absolute Gasteiger partial charge is 0.265 e. The Morgan fingerprint density at radius 3 is 2.75 bits per heavy atom. The van der Waals surface area contributed by atoms with Crippen molar-refractivity contribution in [1.82, 2.24) is 5.32 Å². The molecule has 0 unspecified atom stereocenters. The summed E-state index contributed by atoms with van der Waals surface area (Å²) in [5.74, 6) is 0.338. The van der Waals surface area contributed by atoms with E-state index in [1.807, 2.05) is 6.92 Å². The van der Waals surface area contributed by atoms with Gasteiger partial charge in [-0.15, -0.1) is 0 Å². The highest BCUT2D eigenvalue weighted by Gasteiger charge is 2.07. The van der Waals surface area contributed by atoms with Crippen LogP contribution in [0.5, 0.6) is 0 Å². The van der Waals surface area contributed by atoms with Gasteiger partial charge < -0.3 is 21.2 Å². The van der Waals surface area contributed by atoms with Gasteiger partial charge in [-0.05, 0) is 37.5 Å². The van der Waals surface area contributed by atoms with E-state index in [0.29, 0.717) is 36.0 Å². The van der Waals surface area contributed by atoms with Gasteiger partial charge in [-0.1, -0.05) is 25.1 Å². The van der Waals surface area contributed by atoms with Crippen LogP contribution in [0.15, 0.2) is 29.4 Å². The average molecular weight is 334 g/mol. The van der Waals surface area contributed by atoms with E-state index in [0.717, 1.165) is 6.42 Å². The van der Waals surface area contributed by atoms with Crippen molar-refractivity contribution in [3.05, 3.63) is 29.8 Å². The van der Waals surface area contributed by atoms with Gasteiger partial charge in [-0.3, -0.25) is 9.59 Å². The standard InChI is InChI=1S/C17H26N4O3/c1-4-19-17(23)13-6-5-7-14(10-13)20-16(22)11-24-21-15(18)9-8-12(2)3/h5-7,10,12H,4,8-9,11H2,1-3H3,(H2,18,21)(H,19,23)(H,20,22). The number of rotatable bonds is 9. The van der Waals surface area contributed by atoms with Gasteiger partial charge in [0.1, 0.15) is 5.84 Å². The molecule has 0 heterocycles. The number of anilines is 1. The largest absolute Gasteiger partial charge is 0.384 e. The highest BCUT2D eigenvalue weighted by atomic mass is 16.6. The first-order chi connectivity index (χ1) is 11.4. The Hall–Kier alpha value is -2.57. The Morgan fingerprint density at radius 1 is 1.33 bits per heavy atom. The minimum atomic E-state index is -0.372. The molecule has 0 aromatic heterocycles. The van der Waals surface area contributed by atoms with Gasteiger partial charge in [0.2, 0.25) is 0 Å². The number of nitrogens with one attached hydrogen (secondary N) is 2. The Bertz CT molecular complexity index is 585. The third-order valence-electron chi connectivity index (χ3n) is 3.10. The summed E-state index contributed by atoms with van der Waals surface area (Å²) < 4.78 is 0. The second kappa shape index (κ2) is 10.3. The fourth-order valence-corrected chi connectivity index (χ4v) is 1.85. The monoisotopic (exact) mass is 334 g/mol. The summed E-state index contributed by atoms with van der Waals surface area (Å²) in [6, 6.07) is 6.67. The summed E-state index contributed by atoms with van der Waals surface area (Å²) in [4.78, 5) is 28.5. The van der Waals surface area contributed by atoms with Crippen LogP contribution >= 0.6 is 0 Å². The summed E-state index contributed by atoms with van der Waals surface area (Å²) in [5.41, 5.74) is 6.69. The number of hydrogen-bond donors (Lipinski definition) is 3. The number of carbonyl (C=O) groups is 2. The van der Waals surface area contributed by atoms with Crippen LogP contribution in [0.1, 0.15) is 44.0 Å². The van der Waals surface area contributed by atoms with E-state index >= 15 is 0 Å². The van der Waals surface area contributed by atoms with Crippen LogP contribution < -0.4 is 16.4 Å². The molecule has 1 rings (SSSR count). The third kappa shape index (κ3) is 7.62. The zero-order chi connectivity index (χ0) is 17.9. The number of nitrogens with two attached hydrogens (primary N) is 1. The van der Waals surface area contributed by atoms with E-state index in [9.17, 15) is 9.59 Å². The average Bonchev–Trinajstić information content (AvgIpc) is 2.53. The van der Waals surface area contributed by atoms with Crippen LogP contribution in [0.4, 0.5) is 5.69 Å². The van der Waals surface area contributed by atoms with E-state index in [-0.39, 0.29) is 18.4 Å². The molecule has 7 heteroatoms. The minimum Gasteiger partial charge on any atom is -0.384 e. The molecule has 24 heavy (non-hydrogen) atoms. The zero-order valence-electron chi connectivity index (χ0n) is 14.5. The Balaban J connectivity index is 2.46. The van der Waals surface area contributed by atoms with Crippen LogP contribution in [-0.4, -0.2) is 30.8 Å². The number of nitrogens with zero attached hydrogens (tertiary/aromatic N) is 1. The van der Waals surface area contributed by atoms with Gasteiger partial charge in [0.25, 0.3) is 11.8 Å². The van der Waals surface area contributed by atoms with Crippen molar-refractivity contribution in [2.75, 3.05) is 18.5 Å². The molecule has 132 valence electrons. The summed E-state index contributed by atoms with van der Waals surface area (Å²) in [7, 11) is 0. The van der Waals surface area contributed by atoms with Crippen LogP contribution in [0.2, 0.25) is 0 Å². The van der Waals surface area contributed by atoms with E-state index in [2.05, 4.69) is 29.6 Å². The molecule has 0 bridgehead atoms. The first-order valence-electron chi connectivity index (χ1n) is 8.04. The predicted molar refractivity (Wildman–Crippen MR) is 94.7 cm³/mol. The number of amides is 2. The molecule has 0 aliphatic heterocycles. The SMILES string of the molecule is CCNC(=O)c1cccc(NC(=O)CO/N=C(\N)CCC(C)C)c1. The molecule has 0 aliphatic rings. The lowest BCUT2D eigenvalue weighted by Crippen LogP contribution is -2.23. The van der Waals surface area contributed by atoms with Crippen molar-refractivity contribution in [3.8, 4) is 0 Å². The molecule has 0 atom stereocenters. The normalized spacial score (nSPS) is 11.2. The highest BCUT2D eigenvalue weighted by molar-refractivity contribution is 5.97. The summed E-state index contributed by atoms with van der Waals surface area (Å²) >= 11 is 0. The minimum absolute atomic E-state index is 0.188. The lowest BCUT2D eigenvalue weighted by molar-refractivity contribution is -0.120. The fourth-order valence-electron chi connectivity index (χ4n) is 1.85. The van der Waals surface area contributed by atoms with Crippen molar-refractivity contribution in [1.29, 1.82) is 0 Å². The number of carbonyl (C=O) groups excluding carboxylic acids is 2. The van der Waals surface area contributed by atoms with Gasteiger partial charge in [-0.25, -0.2) is 0 Å². The maximum atomic E-state index is 11.8. The molecular formula is C17H26N4O3. The molecule has 2 amide bonds. The van der Waals surface area contributed by atoms with E-state index < -0.39 is 0 Å². The topological polar surface area (TPSA) is 106 Å². The number of benzene rings is 1. The third-order valence-corrected chi connectivity index (χ3v) is 3.10. The van der Waals surface area contributed by atoms with Crippen molar-refractivity contribution >= 4 is 23.3 Å². The quantitative estimate of drug-likeness (QED) is 0.365. The van der Waals surface area contributed by atoms with Gasteiger partial charge in [0, 0.05) is 24.2 Å². The summed E-state index contributed by atoms with van der Waals surface area (Å²) in [6.07, 6.45) is 1.55. The van der Waals surface area contributed by atoms with Gasteiger partial charge in [0.15, 0.2) is 6.61 Å². The Morgan fingerprint density at radius 2 is 2.08 bits per heavy atom. The molecular weight excluding hydrogens is 308 g/mol. The van der Waals surface area contributed by atoms with Gasteiger partial charge in [0.05, 0.1) is 0 Å². The predicted octanol–water partition coefficient (Wildman–Crippen LogP) is 2.10. The summed E-state index contributed by atoms with van der Waals surface area (Å²) in [5, 5.41) is 9.07. The van der Waals surface area contributed by atoms with Gasteiger partial charge in [-0.2, -0.15) is 0 Å². The van der Waals surface area contributed by atoms with Crippen LogP contribution in [0.3, 0.4) is 0 Å². The molecule has 0 spiro atoms. The number of amidine groups is 1. The van der Waals surface area contributed by atoms with Crippen LogP contribution in [0.25, 0.3) is 0 Å². The molecule has 0 aliphatic carbocycles. The van der Waals surface area contributed by atoms with Crippen LogP contribution in [0, 0.1) is 5.92 Å². The zero-order valence-corrected chi connectivity index (χ0v) is 14.5. The number of hydrogen-bond acceptors (Lipinski definition) is 4. The first kappa shape index (κ1) is 19.5. The van der Waals surface area contributed by atoms with E-state index in [1.54, 1.807) is 24.3 Å². The molecule has 0 fully saturated rings. The van der Waals surface area contributed by atoms with E-state index in [4.69, 9.17) is 10.6 Å². The summed E-state index contributed by atoms with van der Waals surface area (Å²) in [6.45, 7) is 6.33. The maximum Gasteiger partial charge on any atom is 0.265 e. The molecule has 4 N–H and O–H groups in total. The molecule has 1 aromatic carbocycles. The Labute approximate surface area is 142 Å². The second-order valence-corrected chi connectivity index (χ2v) is 5.78. The lowest BCUT2D eigenvalue weighted by Gasteiger charge is -2.07. The van der Waals surface area contributed by atoms with Crippen molar-refractivity contribution in [3.63, 3.8) is 0 Å². The molecule has 0 radical (unpaired) electrons. The fraction of sp³-hybridized carbons (Fsp3) is 0.471. The van der Waals surface area contributed by atoms with Crippen molar-refractivity contribution < 1.29 is 14.4 Å². The van der Waals surface area contributed by atoms with Crippen molar-refractivity contribution in [2.45, 2.75) is 33.6 Å². The highest BCUT2D eigenvalue weighted by Crippen LogP contribution is 2.10. The van der Waals surface area contributed by atoms with Crippen LogP contribution in [-0.2, 0) is 9.63 Å². The lowest BCUT2D eigenvalue weighted by atomic mass is 10.1. The number of oxime groups is 1. The van der Waals surface area contributed by atoms with E-state index in [1.165, 1.54) is 0 Å². The van der Waals surface area contributed by atoms with Crippen molar-refractivity contribution in [2.24, 2.45) is 16.8 Å². The second-order valence-electron chi connectivity index (χ2n) is 5.78. The maximum absolute atomic E-state index is 11.8. The molecule has 1 aromatic rings. The molecule has 0 saturated heterocycles. The molecule has 7 nitrogen and oxygen atoms in total. The Kier molecular flexibility index (Phi) is 8.32. The first-order valence-corrected chi connectivity index (χ1v) is 8.04. The molecule has 0 saturated carbocycles.